The lowest BCUT2D eigenvalue weighted by Crippen LogP contribution is -2.11. The summed E-state index contributed by atoms with van der Waals surface area (Å²) >= 11 is 5.86. The molecule has 1 aromatic carbocycles. The van der Waals surface area contributed by atoms with E-state index in [1.807, 2.05) is 24.3 Å². The highest BCUT2D eigenvalue weighted by Gasteiger charge is 2.12. The molecule has 0 fully saturated rings. The van der Waals surface area contributed by atoms with Crippen molar-refractivity contribution in [3.63, 3.8) is 0 Å². The van der Waals surface area contributed by atoms with E-state index in [0.29, 0.717) is 28.6 Å². The minimum Gasteiger partial charge on any atom is -0.469 e. The van der Waals surface area contributed by atoms with Gasteiger partial charge in [0.2, 0.25) is 0 Å². The third-order valence-electron chi connectivity index (χ3n) is 3.25. The SMILES string of the molecule is Cc1occc1C(=O)Nc1cnn(Cc2ccc(Cl)cc2)c1. The Morgan fingerprint density at radius 1 is 1.32 bits per heavy atom. The number of furan rings is 1. The molecule has 112 valence electrons. The van der Waals surface area contributed by atoms with E-state index in [1.54, 1.807) is 30.1 Å². The summed E-state index contributed by atoms with van der Waals surface area (Å²) in [5.41, 5.74) is 2.24. The first-order chi connectivity index (χ1) is 10.6. The number of carbonyl (C=O) groups is 1. The van der Waals surface area contributed by atoms with E-state index in [2.05, 4.69) is 10.4 Å². The summed E-state index contributed by atoms with van der Waals surface area (Å²) in [7, 11) is 0. The van der Waals surface area contributed by atoms with Crippen molar-refractivity contribution in [2.45, 2.75) is 13.5 Å². The third kappa shape index (κ3) is 3.20. The maximum atomic E-state index is 12.1. The molecule has 0 saturated heterocycles. The molecule has 3 aromatic rings. The van der Waals surface area contributed by atoms with Crippen molar-refractivity contribution >= 4 is 23.2 Å². The fourth-order valence-electron chi connectivity index (χ4n) is 2.11. The standard InChI is InChI=1S/C16H14ClN3O2/c1-11-15(6-7-22-11)16(21)19-14-8-18-20(10-14)9-12-2-4-13(17)5-3-12/h2-8,10H,9H2,1H3,(H,19,21). The summed E-state index contributed by atoms with van der Waals surface area (Å²) in [6.45, 7) is 2.36. The molecule has 6 heteroatoms. The number of benzene rings is 1. The summed E-state index contributed by atoms with van der Waals surface area (Å²) in [6.07, 6.45) is 4.89. The molecule has 1 amide bonds. The predicted octanol–water partition coefficient (Wildman–Crippen LogP) is 3.74. The van der Waals surface area contributed by atoms with Crippen LogP contribution in [0, 0.1) is 6.92 Å². The fourth-order valence-corrected chi connectivity index (χ4v) is 2.24. The van der Waals surface area contributed by atoms with E-state index in [1.165, 1.54) is 6.26 Å². The van der Waals surface area contributed by atoms with Gasteiger partial charge in [0.05, 0.1) is 30.3 Å². The Labute approximate surface area is 132 Å². The lowest BCUT2D eigenvalue weighted by Gasteiger charge is -2.02. The summed E-state index contributed by atoms with van der Waals surface area (Å²) in [6, 6.07) is 9.20. The minimum atomic E-state index is -0.211. The van der Waals surface area contributed by atoms with Gasteiger partial charge in [0.25, 0.3) is 5.91 Å². The number of rotatable bonds is 4. The summed E-state index contributed by atoms with van der Waals surface area (Å²) in [5.74, 6) is 0.378. The number of nitrogens with zero attached hydrogens (tertiary/aromatic N) is 2. The monoisotopic (exact) mass is 315 g/mol. The van der Waals surface area contributed by atoms with Crippen LogP contribution >= 0.6 is 11.6 Å². The van der Waals surface area contributed by atoms with E-state index < -0.39 is 0 Å². The molecule has 0 aliphatic heterocycles. The van der Waals surface area contributed by atoms with Crippen molar-refractivity contribution in [3.05, 3.63) is 70.9 Å². The van der Waals surface area contributed by atoms with Gasteiger partial charge >= 0.3 is 0 Å². The second-order valence-corrected chi connectivity index (χ2v) is 5.33. The van der Waals surface area contributed by atoms with Gasteiger partial charge < -0.3 is 9.73 Å². The summed E-state index contributed by atoms with van der Waals surface area (Å²) in [4.78, 5) is 12.1. The van der Waals surface area contributed by atoms with Crippen LogP contribution < -0.4 is 5.32 Å². The molecule has 0 spiro atoms. The first-order valence-electron chi connectivity index (χ1n) is 6.74. The molecular formula is C16H14ClN3O2. The quantitative estimate of drug-likeness (QED) is 0.798. The second kappa shape index (κ2) is 6.07. The van der Waals surface area contributed by atoms with Crippen LogP contribution in [-0.2, 0) is 6.54 Å². The smallest absolute Gasteiger partial charge is 0.259 e. The Kier molecular flexibility index (Phi) is 3.98. The molecule has 1 N–H and O–H groups in total. The number of hydrogen-bond donors (Lipinski definition) is 1. The molecule has 0 aliphatic rings. The average Bonchev–Trinajstić information content (AvgIpc) is 3.10. The Morgan fingerprint density at radius 2 is 2.09 bits per heavy atom. The highest BCUT2D eigenvalue weighted by atomic mass is 35.5. The zero-order chi connectivity index (χ0) is 15.5. The number of amides is 1. The molecule has 2 aromatic heterocycles. The van der Waals surface area contributed by atoms with Crippen LogP contribution in [-0.4, -0.2) is 15.7 Å². The van der Waals surface area contributed by atoms with Crippen LogP contribution in [0.25, 0.3) is 0 Å². The topological polar surface area (TPSA) is 60.1 Å². The van der Waals surface area contributed by atoms with E-state index in [4.69, 9.17) is 16.0 Å². The van der Waals surface area contributed by atoms with E-state index >= 15 is 0 Å². The zero-order valence-corrected chi connectivity index (χ0v) is 12.7. The molecule has 0 saturated carbocycles. The van der Waals surface area contributed by atoms with Crippen molar-refractivity contribution in [1.29, 1.82) is 0 Å². The van der Waals surface area contributed by atoms with Crippen LogP contribution in [0.1, 0.15) is 21.7 Å². The molecule has 0 atom stereocenters. The van der Waals surface area contributed by atoms with Gasteiger partial charge in [-0.25, -0.2) is 0 Å². The summed E-state index contributed by atoms with van der Waals surface area (Å²) < 4.78 is 6.88. The van der Waals surface area contributed by atoms with Crippen molar-refractivity contribution in [2.75, 3.05) is 5.32 Å². The Morgan fingerprint density at radius 3 is 2.77 bits per heavy atom. The predicted molar refractivity (Wildman–Crippen MR) is 84.2 cm³/mol. The van der Waals surface area contributed by atoms with Crippen molar-refractivity contribution in [2.24, 2.45) is 0 Å². The van der Waals surface area contributed by atoms with E-state index in [0.717, 1.165) is 5.56 Å². The average molecular weight is 316 g/mol. The number of nitrogens with one attached hydrogen (secondary N) is 1. The van der Waals surface area contributed by atoms with Gasteiger partial charge in [-0.2, -0.15) is 5.10 Å². The Hall–Kier alpha value is -2.53. The third-order valence-corrected chi connectivity index (χ3v) is 3.50. The van der Waals surface area contributed by atoms with Crippen LogP contribution in [0.4, 0.5) is 5.69 Å². The maximum Gasteiger partial charge on any atom is 0.259 e. The zero-order valence-electron chi connectivity index (χ0n) is 11.9. The Bertz CT molecular complexity index is 790. The molecule has 22 heavy (non-hydrogen) atoms. The molecule has 0 bridgehead atoms. The van der Waals surface area contributed by atoms with Crippen molar-refractivity contribution in [3.8, 4) is 0 Å². The highest BCUT2D eigenvalue weighted by molar-refractivity contribution is 6.30. The van der Waals surface area contributed by atoms with E-state index in [-0.39, 0.29) is 5.91 Å². The molecule has 0 radical (unpaired) electrons. The van der Waals surface area contributed by atoms with Gasteiger partial charge in [0.15, 0.2) is 0 Å². The second-order valence-electron chi connectivity index (χ2n) is 4.90. The number of aromatic nitrogens is 2. The molecular weight excluding hydrogens is 302 g/mol. The molecule has 0 aliphatic carbocycles. The first kappa shape index (κ1) is 14.4. The first-order valence-corrected chi connectivity index (χ1v) is 7.12. The van der Waals surface area contributed by atoms with Crippen LogP contribution in [0.5, 0.6) is 0 Å². The molecule has 5 nitrogen and oxygen atoms in total. The van der Waals surface area contributed by atoms with Crippen LogP contribution in [0.3, 0.4) is 0 Å². The number of carbonyl (C=O) groups excluding carboxylic acids is 1. The van der Waals surface area contributed by atoms with Gasteiger partial charge in [0.1, 0.15) is 5.76 Å². The maximum absolute atomic E-state index is 12.1. The van der Waals surface area contributed by atoms with Gasteiger partial charge in [-0.3, -0.25) is 9.48 Å². The minimum absolute atomic E-state index is 0.211. The number of anilines is 1. The van der Waals surface area contributed by atoms with Crippen LogP contribution in [0.15, 0.2) is 53.4 Å². The Balaban J connectivity index is 1.67. The largest absolute Gasteiger partial charge is 0.469 e. The van der Waals surface area contributed by atoms with Crippen LogP contribution in [0.2, 0.25) is 5.02 Å². The van der Waals surface area contributed by atoms with Crippen molar-refractivity contribution < 1.29 is 9.21 Å². The fraction of sp³-hybridized carbons (Fsp3) is 0.125. The van der Waals surface area contributed by atoms with Gasteiger partial charge in [-0.15, -0.1) is 0 Å². The molecule has 2 heterocycles. The molecule has 3 rings (SSSR count). The highest BCUT2D eigenvalue weighted by Crippen LogP contribution is 2.14. The van der Waals surface area contributed by atoms with Crippen molar-refractivity contribution in [1.82, 2.24) is 9.78 Å². The van der Waals surface area contributed by atoms with Gasteiger partial charge in [0, 0.05) is 11.2 Å². The number of halogens is 1. The molecule has 0 unspecified atom stereocenters. The number of hydrogen-bond acceptors (Lipinski definition) is 3. The van der Waals surface area contributed by atoms with Gasteiger partial charge in [-0.05, 0) is 30.7 Å². The lowest BCUT2D eigenvalue weighted by atomic mass is 10.2. The van der Waals surface area contributed by atoms with E-state index in [9.17, 15) is 4.79 Å². The van der Waals surface area contributed by atoms with Gasteiger partial charge in [-0.1, -0.05) is 23.7 Å². The summed E-state index contributed by atoms with van der Waals surface area (Å²) in [5, 5.41) is 7.73. The number of aryl methyl sites for hydroxylation is 1. The lowest BCUT2D eigenvalue weighted by molar-refractivity contribution is 0.102. The normalized spacial score (nSPS) is 10.6.